The Bertz CT molecular complexity index is 159. The number of ketones is 1. The average molecular weight is 162 g/mol. The second kappa shape index (κ2) is 4.99. The normalized spacial score (nSPS) is 12.4. The number of rotatable bonds is 4. The van der Waals surface area contributed by atoms with Crippen LogP contribution in [0.4, 0.5) is 8.78 Å². The summed E-state index contributed by atoms with van der Waals surface area (Å²) in [6.07, 6.45) is -0.0512. The molecule has 0 aromatic heterocycles. The molecule has 0 aliphatic heterocycles. The highest BCUT2D eigenvalue weighted by Crippen LogP contribution is 2.14. The van der Waals surface area contributed by atoms with Gasteiger partial charge in [0.05, 0.1) is 0 Å². The van der Waals surface area contributed by atoms with Crippen molar-refractivity contribution in [3.8, 4) is 0 Å². The minimum Gasteiger partial charge on any atom is -0.300 e. The minimum atomic E-state index is -1.70. The van der Waals surface area contributed by atoms with Crippen molar-refractivity contribution in [2.75, 3.05) is 0 Å². The van der Waals surface area contributed by atoms with Crippen LogP contribution in [0.15, 0.2) is 12.2 Å². The molecule has 0 heterocycles. The fraction of sp³-hybridized carbons (Fsp3) is 0.625. The number of carbonyl (C=O) groups excluding carboxylic acids is 1. The van der Waals surface area contributed by atoms with Crippen LogP contribution in [0.2, 0.25) is 0 Å². The SMILES string of the molecule is CCC(C=C(F)F)CC(C)=O. The molecule has 0 aromatic carbocycles. The fourth-order valence-electron chi connectivity index (χ4n) is 0.869. The van der Waals surface area contributed by atoms with Crippen LogP contribution in [-0.2, 0) is 4.79 Å². The highest BCUT2D eigenvalue weighted by Gasteiger charge is 2.07. The third-order valence-corrected chi connectivity index (χ3v) is 1.44. The lowest BCUT2D eigenvalue weighted by Crippen LogP contribution is -2.01. The smallest absolute Gasteiger partial charge is 0.266 e. The Morgan fingerprint density at radius 2 is 2.09 bits per heavy atom. The molecule has 1 unspecified atom stereocenters. The summed E-state index contributed by atoms with van der Waals surface area (Å²) >= 11 is 0. The first-order chi connectivity index (χ1) is 5.06. The van der Waals surface area contributed by atoms with Gasteiger partial charge in [-0.05, 0) is 25.3 Å². The maximum absolute atomic E-state index is 11.7. The van der Waals surface area contributed by atoms with E-state index in [1.807, 2.05) is 0 Å². The van der Waals surface area contributed by atoms with Gasteiger partial charge in [-0.2, -0.15) is 8.78 Å². The third-order valence-electron chi connectivity index (χ3n) is 1.44. The molecule has 1 atom stereocenters. The molecule has 11 heavy (non-hydrogen) atoms. The van der Waals surface area contributed by atoms with Gasteiger partial charge in [0.1, 0.15) is 5.78 Å². The first-order valence-corrected chi connectivity index (χ1v) is 3.58. The molecule has 1 nitrogen and oxygen atoms in total. The average Bonchev–Trinajstić information content (AvgIpc) is 1.84. The van der Waals surface area contributed by atoms with E-state index in [1.165, 1.54) is 6.92 Å². The highest BCUT2D eigenvalue weighted by molar-refractivity contribution is 5.75. The van der Waals surface area contributed by atoms with Crippen LogP contribution in [0.3, 0.4) is 0 Å². The Morgan fingerprint density at radius 1 is 1.55 bits per heavy atom. The molecular weight excluding hydrogens is 150 g/mol. The molecular formula is C8H12F2O. The Labute approximate surface area is 65.1 Å². The fourth-order valence-corrected chi connectivity index (χ4v) is 0.869. The molecule has 0 aliphatic carbocycles. The molecule has 0 N–H and O–H groups in total. The van der Waals surface area contributed by atoms with Crippen LogP contribution in [0.1, 0.15) is 26.7 Å². The summed E-state index contributed by atoms with van der Waals surface area (Å²) in [5, 5.41) is 0. The largest absolute Gasteiger partial charge is 0.300 e. The molecule has 0 saturated heterocycles. The molecule has 0 fully saturated rings. The second-order valence-corrected chi connectivity index (χ2v) is 2.53. The lowest BCUT2D eigenvalue weighted by atomic mass is 10.0. The van der Waals surface area contributed by atoms with Crippen LogP contribution in [0.25, 0.3) is 0 Å². The summed E-state index contributed by atoms with van der Waals surface area (Å²) in [4.78, 5) is 10.5. The van der Waals surface area contributed by atoms with Gasteiger partial charge in [0, 0.05) is 6.42 Å². The second-order valence-electron chi connectivity index (χ2n) is 2.53. The van der Waals surface area contributed by atoms with Gasteiger partial charge in [-0.1, -0.05) is 6.92 Å². The van der Waals surface area contributed by atoms with Gasteiger partial charge in [-0.15, -0.1) is 0 Å². The van der Waals surface area contributed by atoms with Crippen LogP contribution in [-0.4, -0.2) is 5.78 Å². The summed E-state index contributed by atoms with van der Waals surface area (Å²) in [5.74, 6) is -0.341. The van der Waals surface area contributed by atoms with E-state index in [1.54, 1.807) is 6.92 Å². The lowest BCUT2D eigenvalue weighted by molar-refractivity contribution is -0.117. The molecule has 0 saturated carbocycles. The van der Waals surface area contributed by atoms with Crippen molar-refractivity contribution in [2.45, 2.75) is 26.7 Å². The number of halogens is 2. The van der Waals surface area contributed by atoms with Crippen molar-refractivity contribution in [1.29, 1.82) is 0 Å². The Balaban J connectivity index is 3.96. The van der Waals surface area contributed by atoms with Gasteiger partial charge in [0.2, 0.25) is 0 Å². The third kappa shape index (κ3) is 5.70. The lowest BCUT2D eigenvalue weighted by Gasteiger charge is -2.04. The van der Waals surface area contributed by atoms with Crippen molar-refractivity contribution < 1.29 is 13.6 Å². The van der Waals surface area contributed by atoms with Gasteiger partial charge in [0.25, 0.3) is 6.08 Å². The summed E-state index contributed by atoms with van der Waals surface area (Å²) in [6.45, 7) is 3.19. The maximum atomic E-state index is 11.7. The van der Waals surface area contributed by atoms with Crippen molar-refractivity contribution in [1.82, 2.24) is 0 Å². The molecule has 64 valence electrons. The summed E-state index contributed by atoms with van der Waals surface area (Å²) in [7, 11) is 0. The predicted molar refractivity (Wildman–Crippen MR) is 39.4 cm³/mol. The van der Waals surface area contributed by atoms with E-state index in [0.29, 0.717) is 6.42 Å². The van der Waals surface area contributed by atoms with Gasteiger partial charge >= 0.3 is 0 Å². The summed E-state index contributed by atoms with van der Waals surface area (Å²) in [6, 6.07) is 0. The number of hydrogen-bond acceptors (Lipinski definition) is 1. The van der Waals surface area contributed by atoms with Gasteiger partial charge in [-0.25, -0.2) is 0 Å². The summed E-state index contributed by atoms with van der Waals surface area (Å²) < 4.78 is 23.3. The van der Waals surface area contributed by atoms with E-state index in [9.17, 15) is 13.6 Å². The highest BCUT2D eigenvalue weighted by atomic mass is 19.3. The van der Waals surface area contributed by atoms with Gasteiger partial charge in [-0.3, -0.25) is 0 Å². The predicted octanol–water partition coefficient (Wildman–Crippen LogP) is 2.77. The van der Waals surface area contributed by atoms with Gasteiger partial charge < -0.3 is 4.79 Å². The maximum Gasteiger partial charge on any atom is 0.266 e. The quantitative estimate of drug-likeness (QED) is 0.621. The van der Waals surface area contributed by atoms with E-state index in [4.69, 9.17) is 0 Å². The number of Topliss-reactive ketones (excluding diaryl/α,β-unsaturated/α-hetero) is 1. The monoisotopic (exact) mass is 162 g/mol. The molecule has 0 rings (SSSR count). The van der Waals surface area contributed by atoms with E-state index in [2.05, 4.69) is 0 Å². The first kappa shape index (κ1) is 10.3. The van der Waals surface area contributed by atoms with E-state index in [0.717, 1.165) is 6.08 Å². The van der Waals surface area contributed by atoms with Crippen LogP contribution in [0, 0.1) is 5.92 Å². The summed E-state index contributed by atoms with van der Waals surface area (Å²) in [5.41, 5.74) is 0. The molecule has 0 radical (unpaired) electrons. The zero-order chi connectivity index (χ0) is 8.85. The molecule has 0 spiro atoms. The van der Waals surface area contributed by atoms with Crippen molar-refractivity contribution >= 4 is 5.78 Å². The van der Waals surface area contributed by atoms with Crippen LogP contribution in [0.5, 0.6) is 0 Å². The standard InChI is InChI=1S/C8H12F2O/c1-3-7(4-6(2)11)5-8(9)10/h5,7H,3-4H2,1-2H3. The Morgan fingerprint density at radius 3 is 2.36 bits per heavy atom. The number of carbonyl (C=O) groups is 1. The minimum absolute atomic E-state index is 0.0469. The Hall–Kier alpha value is -0.730. The zero-order valence-electron chi connectivity index (χ0n) is 6.73. The van der Waals surface area contributed by atoms with E-state index < -0.39 is 6.08 Å². The topological polar surface area (TPSA) is 17.1 Å². The van der Waals surface area contributed by atoms with E-state index in [-0.39, 0.29) is 18.1 Å². The molecule has 0 amide bonds. The van der Waals surface area contributed by atoms with E-state index >= 15 is 0 Å². The van der Waals surface area contributed by atoms with Crippen LogP contribution >= 0.6 is 0 Å². The molecule has 0 aliphatic rings. The molecule has 0 aromatic rings. The first-order valence-electron chi connectivity index (χ1n) is 3.58. The van der Waals surface area contributed by atoms with Crippen molar-refractivity contribution in [3.05, 3.63) is 12.2 Å². The number of allylic oxidation sites excluding steroid dienone is 1. The van der Waals surface area contributed by atoms with Crippen molar-refractivity contribution in [2.24, 2.45) is 5.92 Å². The van der Waals surface area contributed by atoms with Gasteiger partial charge in [0.15, 0.2) is 0 Å². The van der Waals surface area contributed by atoms with Crippen molar-refractivity contribution in [3.63, 3.8) is 0 Å². The zero-order valence-corrected chi connectivity index (χ0v) is 6.73. The van der Waals surface area contributed by atoms with Crippen LogP contribution < -0.4 is 0 Å². The number of hydrogen-bond donors (Lipinski definition) is 0. The molecule has 0 bridgehead atoms. The molecule has 3 heteroatoms. The Kier molecular flexibility index (Phi) is 4.66.